The number of rotatable bonds is 33. The zero-order valence-electron chi connectivity index (χ0n) is 33.7. The van der Waals surface area contributed by atoms with Crippen LogP contribution in [0.25, 0.3) is 0 Å². The third-order valence-electron chi connectivity index (χ3n) is 7.98. The van der Waals surface area contributed by atoms with E-state index < -0.39 is 18.1 Å². The minimum absolute atomic E-state index is 0.0193. The monoisotopic (exact) mass is 739 g/mol. The van der Waals surface area contributed by atoms with E-state index in [4.69, 9.17) is 14.2 Å². The van der Waals surface area contributed by atoms with Crippen molar-refractivity contribution in [1.29, 1.82) is 0 Å². The predicted octanol–water partition coefficient (Wildman–Crippen LogP) is 10.3. The summed E-state index contributed by atoms with van der Waals surface area (Å²) >= 11 is 0. The number of nitrogens with zero attached hydrogens (tertiary/aromatic N) is 1. The maximum atomic E-state index is 12.7. The van der Waals surface area contributed by atoms with Crippen LogP contribution in [0.2, 0.25) is 0 Å². The number of hydrogen-bond donors (Lipinski definition) is 1. The summed E-state index contributed by atoms with van der Waals surface area (Å²) in [7, 11) is 5.47. The molecule has 298 valence electrons. The van der Waals surface area contributed by atoms with Crippen molar-refractivity contribution in [1.82, 2.24) is 0 Å². The quantitative estimate of drug-likeness (QED) is 0.0310. The Morgan fingerprint density at radius 1 is 0.566 bits per heavy atom. The molecule has 1 N–H and O–H groups in total. The van der Waals surface area contributed by atoms with Crippen molar-refractivity contribution in [2.24, 2.45) is 0 Å². The van der Waals surface area contributed by atoms with Gasteiger partial charge < -0.3 is 23.8 Å². The molecular formula is C45H72NO7+. The average molecular weight is 739 g/mol. The maximum absolute atomic E-state index is 12.7. The summed E-state index contributed by atoms with van der Waals surface area (Å²) < 4.78 is 17.1. The largest absolute Gasteiger partial charge is 0.477 e. The molecular weight excluding hydrogens is 666 g/mol. The van der Waals surface area contributed by atoms with Crippen molar-refractivity contribution in [2.45, 2.75) is 129 Å². The first kappa shape index (κ1) is 49.2. The lowest BCUT2D eigenvalue weighted by molar-refractivity contribution is -0.887. The van der Waals surface area contributed by atoms with Gasteiger partial charge in [0.1, 0.15) is 6.61 Å². The second kappa shape index (κ2) is 35.3. The first-order chi connectivity index (χ1) is 25.6. The van der Waals surface area contributed by atoms with Crippen molar-refractivity contribution >= 4 is 17.9 Å². The van der Waals surface area contributed by atoms with Crippen LogP contribution in [-0.4, -0.2) is 80.6 Å². The molecule has 0 fully saturated rings. The highest BCUT2D eigenvalue weighted by Gasteiger charge is 2.31. The van der Waals surface area contributed by atoms with E-state index in [-0.39, 0.29) is 49.1 Å². The molecule has 53 heavy (non-hydrogen) atoms. The number of likely N-dealkylation sites (N-methyl/N-ethyl adjacent to an activating group) is 1. The van der Waals surface area contributed by atoms with Crippen LogP contribution in [0, 0.1) is 0 Å². The third-order valence-corrected chi connectivity index (χ3v) is 7.98. The van der Waals surface area contributed by atoms with Crippen LogP contribution >= 0.6 is 0 Å². The zero-order valence-corrected chi connectivity index (χ0v) is 33.7. The van der Waals surface area contributed by atoms with E-state index in [2.05, 4.69) is 111 Å². The molecule has 0 aliphatic heterocycles. The lowest BCUT2D eigenvalue weighted by atomic mass is 10.1. The Hall–Kier alpha value is -3.75. The zero-order chi connectivity index (χ0) is 39.3. The fraction of sp³-hybridized carbons (Fsp3) is 0.578. The molecule has 0 aromatic rings. The van der Waals surface area contributed by atoms with Crippen LogP contribution in [0.4, 0.5) is 0 Å². The lowest BCUT2D eigenvalue weighted by Crippen LogP contribution is -2.50. The van der Waals surface area contributed by atoms with Gasteiger partial charge in [0.25, 0.3) is 0 Å². The molecule has 0 aliphatic carbocycles. The number of ether oxygens (including phenoxy) is 3. The number of esters is 2. The van der Waals surface area contributed by atoms with E-state index >= 15 is 0 Å². The lowest BCUT2D eigenvalue weighted by Gasteiger charge is -2.31. The molecule has 0 bridgehead atoms. The van der Waals surface area contributed by atoms with Crippen molar-refractivity contribution in [3.05, 3.63) is 97.2 Å². The highest BCUT2D eigenvalue weighted by molar-refractivity contribution is 5.72. The number of carboxylic acids is 1. The van der Waals surface area contributed by atoms with Gasteiger partial charge in [0, 0.05) is 19.3 Å². The summed E-state index contributed by atoms with van der Waals surface area (Å²) in [5.74, 6) is -1.61. The Morgan fingerprint density at radius 3 is 1.45 bits per heavy atom. The van der Waals surface area contributed by atoms with Crippen molar-refractivity contribution in [3.63, 3.8) is 0 Å². The Balaban J connectivity index is 4.59. The Morgan fingerprint density at radius 2 is 1.00 bits per heavy atom. The van der Waals surface area contributed by atoms with Gasteiger partial charge in [-0.3, -0.25) is 9.59 Å². The maximum Gasteiger partial charge on any atom is 0.362 e. The molecule has 8 nitrogen and oxygen atoms in total. The van der Waals surface area contributed by atoms with Gasteiger partial charge in [0.05, 0.1) is 34.4 Å². The SMILES string of the molecule is CC/C=C/C/C=C/C/C=C/C/C=C/C/C=C/CCCC(=O)OC(COCCC(C(=O)O)[N+](C)(C)C)COC(=O)CCCC/C=C/C/C=C/C/C=C/CC. The molecule has 0 saturated heterocycles. The Labute approximate surface area is 322 Å². The van der Waals surface area contributed by atoms with Gasteiger partial charge in [0.15, 0.2) is 12.1 Å². The minimum atomic E-state index is -0.895. The normalized spacial score (nSPS) is 14.1. The number of carbonyl (C=O) groups is 3. The molecule has 0 aromatic heterocycles. The van der Waals surface area contributed by atoms with Crippen LogP contribution in [0.15, 0.2) is 97.2 Å². The number of aliphatic carboxylic acids is 1. The van der Waals surface area contributed by atoms with Gasteiger partial charge in [-0.1, -0.05) is 111 Å². The van der Waals surface area contributed by atoms with Crippen LogP contribution in [0.1, 0.15) is 117 Å². The Kier molecular flexibility index (Phi) is 32.8. The predicted molar refractivity (Wildman–Crippen MR) is 219 cm³/mol. The van der Waals surface area contributed by atoms with E-state index in [9.17, 15) is 19.5 Å². The number of quaternary nitrogens is 1. The molecule has 0 aliphatic rings. The van der Waals surface area contributed by atoms with Gasteiger partial charge in [-0.15, -0.1) is 0 Å². The summed E-state index contributed by atoms with van der Waals surface area (Å²) in [5.41, 5.74) is 0. The first-order valence-corrected chi connectivity index (χ1v) is 19.8. The summed E-state index contributed by atoms with van der Waals surface area (Å²) in [6, 6.07) is -0.635. The standard InChI is InChI=1S/C45H71NO7/c1-6-8-10-12-14-16-18-20-21-22-23-24-26-28-30-32-34-36-44(48)53-41(39-51-38-37-42(45(49)50)46(3,4)5)40-52-43(47)35-33-31-29-27-25-19-17-15-13-11-9-7-2/h8-11,14-17,20-21,23-25,27-28,30,41-42H,6-7,12-13,18-19,22,26,29,31-40H2,1-5H3/p+1/b10-8+,11-9+,16-14+,17-15+,21-20+,24-23+,27-25+,30-28+. The fourth-order valence-electron chi connectivity index (χ4n) is 4.96. The number of carbonyl (C=O) groups excluding carboxylic acids is 2. The second-order valence-electron chi connectivity index (χ2n) is 13.8. The summed E-state index contributed by atoms with van der Waals surface area (Å²) in [4.78, 5) is 36.8. The van der Waals surface area contributed by atoms with Crippen LogP contribution in [0.3, 0.4) is 0 Å². The molecule has 0 saturated carbocycles. The molecule has 2 unspecified atom stereocenters. The summed E-state index contributed by atoms with van der Waals surface area (Å²) in [6.07, 6.45) is 46.1. The first-order valence-electron chi connectivity index (χ1n) is 19.8. The van der Waals surface area contributed by atoms with E-state index in [1.165, 1.54) is 0 Å². The number of hydrogen-bond acceptors (Lipinski definition) is 6. The van der Waals surface area contributed by atoms with E-state index in [1.54, 1.807) is 0 Å². The Bertz CT molecular complexity index is 1180. The number of allylic oxidation sites excluding steroid dienone is 16. The highest BCUT2D eigenvalue weighted by atomic mass is 16.6. The van der Waals surface area contributed by atoms with Crippen LogP contribution in [-0.2, 0) is 28.6 Å². The molecule has 0 amide bonds. The second-order valence-corrected chi connectivity index (χ2v) is 13.8. The molecule has 0 rings (SSSR count). The summed E-state index contributed by atoms with van der Waals surface area (Å²) in [5, 5.41) is 9.59. The van der Waals surface area contributed by atoms with Crippen LogP contribution in [0.5, 0.6) is 0 Å². The van der Waals surface area contributed by atoms with Gasteiger partial charge in [0.2, 0.25) is 0 Å². The van der Waals surface area contributed by atoms with Gasteiger partial charge >= 0.3 is 17.9 Å². The topological polar surface area (TPSA) is 99.1 Å². The number of carboxylic acid groups (broad SMARTS) is 1. The van der Waals surface area contributed by atoms with E-state index in [1.807, 2.05) is 21.1 Å². The van der Waals surface area contributed by atoms with Gasteiger partial charge in [-0.05, 0) is 83.5 Å². The van der Waals surface area contributed by atoms with E-state index in [0.29, 0.717) is 19.3 Å². The smallest absolute Gasteiger partial charge is 0.362 e. The molecule has 0 spiro atoms. The fourth-order valence-corrected chi connectivity index (χ4v) is 4.96. The minimum Gasteiger partial charge on any atom is -0.477 e. The van der Waals surface area contributed by atoms with Crippen molar-refractivity contribution in [3.8, 4) is 0 Å². The third kappa shape index (κ3) is 33.8. The number of unbranched alkanes of at least 4 members (excludes halogenated alkanes) is 3. The van der Waals surface area contributed by atoms with Crippen molar-refractivity contribution < 1.29 is 38.2 Å². The van der Waals surface area contributed by atoms with E-state index in [0.717, 1.165) is 70.6 Å². The van der Waals surface area contributed by atoms with Crippen LogP contribution < -0.4 is 0 Å². The van der Waals surface area contributed by atoms with Gasteiger partial charge in [-0.2, -0.15) is 0 Å². The van der Waals surface area contributed by atoms with Gasteiger partial charge in [-0.25, -0.2) is 4.79 Å². The average Bonchev–Trinajstić information content (AvgIpc) is 3.11. The molecule has 2 atom stereocenters. The molecule has 0 radical (unpaired) electrons. The highest BCUT2D eigenvalue weighted by Crippen LogP contribution is 2.10. The van der Waals surface area contributed by atoms with Crippen molar-refractivity contribution in [2.75, 3.05) is 41.0 Å². The molecule has 8 heteroatoms. The molecule has 0 aromatic carbocycles. The molecule has 0 heterocycles. The summed E-state index contributed by atoms with van der Waals surface area (Å²) in [6.45, 7) is 4.36.